The first-order chi connectivity index (χ1) is 11.0. The van der Waals surface area contributed by atoms with Crippen LogP contribution in [0.2, 0.25) is 0 Å². The van der Waals surface area contributed by atoms with Gasteiger partial charge in [-0.15, -0.1) is 11.3 Å². The molecular weight excluding hydrogens is 312 g/mol. The number of aromatic nitrogens is 2. The quantitative estimate of drug-likeness (QED) is 0.778. The molecule has 0 unspecified atom stereocenters. The van der Waals surface area contributed by atoms with Crippen LogP contribution in [-0.4, -0.2) is 34.5 Å². The van der Waals surface area contributed by atoms with E-state index in [-0.39, 0.29) is 18.5 Å². The van der Waals surface area contributed by atoms with Gasteiger partial charge >= 0.3 is 0 Å². The van der Waals surface area contributed by atoms with Gasteiger partial charge < -0.3 is 9.84 Å². The van der Waals surface area contributed by atoms with Crippen LogP contribution < -0.4 is 5.32 Å². The second-order valence-corrected chi connectivity index (χ2v) is 6.54. The van der Waals surface area contributed by atoms with Gasteiger partial charge in [0.1, 0.15) is 10.8 Å². The molecule has 0 saturated heterocycles. The number of carbonyl (C=O) groups excluding carboxylic acids is 1. The standard InChI is InChI=1S/C16H18N4O2S/c1-10-8-14(19-22-10)18-15(21)9-20(3)11(2)16-17-12-6-4-5-7-13(12)23-16/h4-8,11H,9H2,1-3H3,(H,18,19,21)/t11-/m1/s1. The summed E-state index contributed by atoms with van der Waals surface area (Å²) in [6.07, 6.45) is 0. The first kappa shape index (κ1) is 15.6. The molecule has 0 bridgehead atoms. The third-order valence-electron chi connectivity index (χ3n) is 3.62. The number of nitrogens with zero attached hydrogens (tertiary/aromatic N) is 3. The fraction of sp³-hybridized carbons (Fsp3) is 0.312. The normalized spacial score (nSPS) is 12.7. The van der Waals surface area contributed by atoms with Gasteiger partial charge in [-0.25, -0.2) is 4.98 Å². The summed E-state index contributed by atoms with van der Waals surface area (Å²) in [5.74, 6) is 0.971. The Hall–Kier alpha value is -2.25. The lowest BCUT2D eigenvalue weighted by molar-refractivity contribution is -0.117. The summed E-state index contributed by atoms with van der Waals surface area (Å²) in [4.78, 5) is 18.7. The Morgan fingerprint density at radius 3 is 2.91 bits per heavy atom. The van der Waals surface area contributed by atoms with Crippen molar-refractivity contribution in [1.29, 1.82) is 0 Å². The van der Waals surface area contributed by atoms with Crippen LogP contribution in [0.4, 0.5) is 5.82 Å². The molecule has 2 aromatic heterocycles. The zero-order valence-electron chi connectivity index (χ0n) is 13.2. The third kappa shape index (κ3) is 3.57. The number of anilines is 1. The summed E-state index contributed by atoms with van der Waals surface area (Å²) in [5, 5.41) is 7.48. The summed E-state index contributed by atoms with van der Waals surface area (Å²) in [7, 11) is 1.91. The monoisotopic (exact) mass is 330 g/mol. The molecular formula is C16H18N4O2S. The van der Waals surface area contributed by atoms with Gasteiger partial charge in [0.2, 0.25) is 5.91 Å². The lowest BCUT2D eigenvalue weighted by Crippen LogP contribution is -2.32. The second kappa shape index (κ2) is 6.47. The minimum absolute atomic E-state index is 0.0530. The molecule has 0 aliphatic carbocycles. The molecule has 0 aliphatic heterocycles. The third-order valence-corrected chi connectivity index (χ3v) is 4.82. The van der Waals surface area contributed by atoms with Crippen molar-refractivity contribution in [3.05, 3.63) is 41.1 Å². The highest BCUT2D eigenvalue weighted by Gasteiger charge is 2.19. The maximum absolute atomic E-state index is 12.1. The van der Waals surface area contributed by atoms with Crippen molar-refractivity contribution < 1.29 is 9.32 Å². The SMILES string of the molecule is Cc1cc(NC(=O)CN(C)[C@H](C)c2nc3ccccc3s2)no1. The van der Waals surface area contributed by atoms with Crippen LogP contribution in [0.5, 0.6) is 0 Å². The van der Waals surface area contributed by atoms with Crippen molar-refractivity contribution >= 4 is 33.3 Å². The first-order valence-corrected chi connectivity index (χ1v) is 8.13. The van der Waals surface area contributed by atoms with Gasteiger partial charge in [-0.3, -0.25) is 9.69 Å². The molecule has 1 aromatic carbocycles. The van der Waals surface area contributed by atoms with E-state index in [0.717, 1.165) is 15.2 Å². The molecule has 6 nitrogen and oxygen atoms in total. The van der Waals surface area contributed by atoms with E-state index in [1.54, 1.807) is 24.3 Å². The minimum Gasteiger partial charge on any atom is -0.360 e. The number of likely N-dealkylation sites (N-methyl/N-ethyl adjacent to an activating group) is 1. The molecule has 0 spiro atoms. The van der Waals surface area contributed by atoms with Crippen molar-refractivity contribution in [2.75, 3.05) is 18.9 Å². The number of aryl methyl sites for hydroxylation is 1. The summed E-state index contributed by atoms with van der Waals surface area (Å²) < 4.78 is 6.09. The minimum atomic E-state index is -0.131. The number of nitrogens with one attached hydrogen (secondary N) is 1. The van der Waals surface area contributed by atoms with E-state index in [0.29, 0.717) is 11.6 Å². The van der Waals surface area contributed by atoms with Gasteiger partial charge in [0, 0.05) is 6.07 Å². The average Bonchev–Trinajstić information content (AvgIpc) is 3.12. The van der Waals surface area contributed by atoms with Crippen LogP contribution in [0.1, 0.15) is 23.7 Å². The lowest BCUT2D eigenvalue weighted by Gasteiger charge is -2.21. The molecule has 2 heterocycles. The summed E-state index contributed by atoms with van der Waals surface area (Å²) >= 11 is 1.66. The summed E-state index contributed by atoms with van der Waals surface area (Å²) in [5.41, 5.74) is 0.996. The highest BCUT2D eigenvalue weighted by atomic mass is 32.1. The van der Waals surface area contributed by atoms with Gasteiger partial charge in [0.15, 0.2) is 5.82 Å². The predicted molar refractivity (Wildman–Crippen MR) is 90.5 cm³/mol. The smallest absolute Gasteiger partial charge is 0.239 e. The van der Waals surface area contributed by atoms with Crippen molar-refractivity contribution in [2.45, 2.75) is 19.9 Å². The zero-order chi connectivity index (χ0) is 16.4. The molecule has 3 rings (SSSR count). The number of rotatable bonds is 5. The van der Waals surface area contributed by atoms with E-state index >= 15 is 0 Å². The molecule has 1 N–H and O–H groups in total. The maximum atomic E-state index is 12.1. The van der Waals surface area contributed by atoms with Crippen LogP contribution >= 0.6 is 11.3 Å². The van der Waals surface area contributed by atoms with Crippen LogP contribution in [0.15, 0.2) is 34.9 Å². The first-order valence-electron chi connectivity index (χ1n) is 7.32. The van der Waals surface area contributed by atoms with E-state index < -0.39 is 0 Å². The van der Waals surface area contributed by atoms with Crippen molar-refractivity contribution in [2.24, 2.45) is 0 Å². The van der Waals surface area contributed by atoms with Crippen LogP contribution in [0.25, 0.3) is 10.2 Å². The molecule has 3 aromatic rings. The molecule has 0 saturated carbocycles. The predicted octanol–water partition coefficient (Wildman–Crippen LogP) is 3.22. The largest absolute Gasteiger partial charge is 0.360 e. The Labute approximate surface area is 138 Å². The number of hydrogen-bond acceptors (Lipinski definition) is 6. The summed E-state index contributed by atoms with van der Waals surface area (Å²) in [6.45, 7) is 4.08. The number of fused-ring (bicyclic) bond motifs is 1. The van der Waals surface area contributed by atoms with Gasteiger partial charge in [0.05, 0.1) is 22.8 Å². The Balaban J connectivity index is 1.64. The van der Waals surface area contributed by atoms with E-state index in [1.165, 1.54) is 0 Å². The van der Waals surface area contributed by atoms with E-state index in [4.69, 9.17) is 4.52 Å². The van der Waals surface area contributed by atoms with Gasteiger partial charge in [0.25, 0.3) is 0 Å². The van der Waals surface area contributed by atoms with E-state index in [2.05, 4.69) is 21.5 Å². The number of benzene rings is 1. The van der Waals surface area contributed by atoms with Crippen LogP contribution in [0.3, 0.4) is 0 Å². The Bertz CT molecular complexity index is 793. The topological polar surface area (TPSA) is 71.3 Å². The molecule has 0 fully saturated rings. The van der Waals surface area contributed by atoms with Crippen LogP contribution in [-0.2, 0) is 4.79 Å². The van der Waals surface area contributed by atoms with Gasteiger partial charge in [-0.2, -0.15) is 0 Å². The lowest BCUT2D eigenvalue weighted by atomic mass is 10.3. The number of amides is 1. The molecule has 7 heteroatoms. The van der Waals surface area contributed by atoms with E-state index in [1.807, 2.05) is 37.1 Å². The molecule has 1 atom stereocenters. The molecule has 23 heavy (non-hydrogen) atoms. The number of thiazole rings is 1. The highest BCUT2D eigenvalue weighted by molar-refractivity contribution is 7.18. The molecule has 1 amide bonds. The second-order valence-electron chi connectivity index (χ2n) is 5.48. The fourth-order valence-corrected chi connectivity index (χ4v) is 3.31. The number of carbonyl (C=O) groups is 1. The van der Waals surface area contributed by atoms with Crippen molar-refractivity contribution in [1.82, 2.24) is 15.0 Å². The highest BCUT2D eigenvalue weighted by Crippen LogP contribution is 2.28. The molecule has 120 valence electrons. The zero-order valence-corrected chi connectivity index (χ0v) is 14.1. The number of hydrogen-bond donors (Lipinski definition) is 1. The summed E-state index contributed by atoms with van der Waals surface area (Å²) in [6, 6.07) is 9.79. The van der Waals surface area contributed by atoms with Crippen molar-refractivity contribution in [3.8, 4) is 0 Å². The average molecular weight is 330 g/mol. The van der Waals surface area contributed by atoms with Gasteiger partial charge in [-0.05, 0) is 33.0 Å². The molecule has 0 radical (unpaired) electrons. The molecule has 0 aliphatic rings. The number of para-hydroxylation sites is 1. The Morgan fingerprint density at radius 2 is 2.22 bits per heavy atom. The Morgan fingerprint density at radius 1 is 1.43 bits per heavy atom. The van der Waals surface area contributed by atoms with Crippen LogP contribution in [0, 0.1) is 6.92 Å². The van der Waals surface area contributed by atoms with Gasteiger partial charge in [-0.1, -0.05) is 17.3 Å². The fourth-order valence-electron chi connectivity index (χ4n) is 2.23. The van der Waals surface area contributed by atoms with E-state index in [9.17, 15) is 4.79 Å². The Kier molecular flexibility index (Phi) is 4.40. The van der Waals surface area contributed by atoms with Crippen molar-refractivity contribution in [3.63, 3.8) is 0 Å². The maximum Gasteiger partial charge on any atom is 0.239 e.